The van der Waals surface area contributed by atoms with E-state index in [4.69, 9.17) is 11.6 Å². The summed E-state index contributed by atoms with van der Waals surface area (Å²) in [6.07, 6.45) is 0. The predicted molar refractivity (Wildman–Crippen MR) is 80.5 cm³/mol. The second-order valence-electron chi connectivity index (χ2n) is 4.43. The van der Waals surface area contributed by atoms with Crippen LogP contribution >= 0.6 is 11.6 Å². The van der Waals surface area contributed by atoms with E-state index in [9.17, 15) is 0 Å². The lowest BCUT2D eigenvalue weighted by Crippen LogP contribution is -2.05. The van der Waals surface area contributed by atoms with Crippen LogP contribution < -0.4 is 10.6 Å². The SMILES string of the molecule is CNc1nc(C)nc(Nc2ccc(C)c(Cl)c2)c1C. The first-order valence-electron chi connectivity index (χ1n) is 6.07. The highest BCUT2D eigenvalue weighted by atomic mass is 35.5. The Bertz CT molecular complexity index is 611. The van der Waals surface area contributed by atoms with Crippen LogP contribution in [0.5, 0.6) is 0 Å². The second kappa shape index (κ2) is 5.45. The number of anilines is 3. The van der Waals surface area contributed by atoms with E-state index in [1.165, 1.54) is 0 Å². The molecule has 0 spiro atoms. The molecule has 0 aliphatic heterocycles. The summed E-state index contributed by atoms with van der Waals surface area (Å²) >= 11 is 6.12. The van der Waals surface area contributed by atoms with Gasteiger partial charge in [-0.2, -0.15) is 0 Å². The predicted octanol–water partition coefficient (Wildman–Crippen LogP) is 3.84. The Morgan fingerprint density at radius 2 is 1.74 bits per heavy atom. The number of benzene rings is 1. The molecule has 0 saturated carbocycles. The standard InChI is InChI=1S/C14H17ClN4/c1-8-5-6-11(7-12(8)15)19-14-9(2)13(16-4)17-10(3)18-14/h5-7H,1-4H3,(H2,16,17,18,19). The van der Waals surface area contributed by atoms with Crippen molar-refractivity contribution >= 4 is 28.9 Å². The Morgan fingerprint density at radius 1 is 1.05 bits per heavy atom. The fraction of sp³-hybridized carbons (Fsp3) is 0.286. The highest BCUT2D eigenvalue weighted by molar-refractivity contribution is 6.31. The molecule has 2 N–H and O–H groups in total. The first-order chi connectivity index (χ1) is 9.01. The van der Waals surface area contributed by atoms with Crippen molar-refractivity contribution < 1.29 is 0 Å². The smallest absolute Gasteiger partial charge is 0.139 e. The number of aromatic nitrogens is 2. The largest absolute Gasteiger partial charge is 0.373 e. The van der Waals surface area contributed by atoms with Gasteiger partial charge in [0.05, 0.1) is 0 Å². The van der Waals surface area contributed by atoms with Gasteiger partial charge in [0, 0.05) is 23.3 Å². The summed E-state index contributed by atoms with van der Waals surface area (Å²) in [7, 11) is 1.85. The van der Waals surface area contributed by atoms with Crippen LogP contribution in [0.4, 0.5) is 17.3 Å². The molecule has 19 heavy (non-hydrogen) atoms. The van der Waals surface area contributed by atoms with Gasteiger partial charge in [0.25, 0.3) is 0 Å². The molecule has 1 heterocycles. The Morgan fingerprint density at radius 3 is 2.37 bits per heavy atom. The molecule has 0 aliphatic rings. The van der Waals surface area contributed by atoms with Crippen LogP contribution in [0.15, 0.2) is 18.2 Å². The van der Waals surface area contributed by atoms with Crippen LogP contribution in [0.2, 0.25) is 5.02 Å². The van der Waals surface area contributed by atoms with Gasteiger partial charge in [-0.1, -0.05) is 17.7 Å². The lowest BCUT2D eigenvalue weighted by atomic mass is 10.2. The van der Waals surface area contributed by atoms with Gasteiger partial charge >= 0.3 is 0 Å². The van der Waals surface area contributed by atoms with E-state index >= 15 is 0 Å². The minimum absolute atomic E-state index is 0.718. The fourth-order valence-corrected chi connectivity index (χ4v) is 1.98. The summed E-state index contributed by atoms with van der Waals surface area (Å²) in [5.74, 6) is 2.33. The number of halogens is 1. The zero-order valence-corrected chi connectivity index (χ0v) is 12.3. The molecule has 100 valence electrons. The zero-order chi connectivity index (χ0) is 14.0. The van der Waals surface area contributed by atoms with E-state index in [1.54, 1.807) is 0 Å². The molecule has 0 aliphatic carbocycles. The van der Waals surface area contributed by atoms with Crippen LogP contribution in [0, 0.1) is 20.8 Å². The van der Waals surface area contributed by atoms with Gasteiger partial charge in [-0.15, -0.1) is 0 Å². The van der Waals surface area contributed by atoms with Crippen molar-refractivity contribution in [2.24, 2.45) is 0 Å². The van der Waals surface area contributed by atoms with Gasteiger partial charge in [-0.3, -0.25) is 0 Å². The van der Waals surface area contributed by atoms with Crippen molar-refractivity contribution in [2.75, 3.05) is 17.7 Å². The number of hydrogen-bond acceptors (Lipinski definition) is 4. The fourth-order valence-electron chi connectivity index (χ4n) is 1.80. The lowest BCUT2D eigenvalue weighted by molar-refractivity contribution is 1.04. The van der Waals surface area contributed by atoms with Crippen LogP contribution in [0.25, 0.3) is 0 Å². The van der Waals surface area contributed by atoms with Crippen molar-refractivity contribution in [1.82, 2.24) is 9.97 Å². The maximum Gasteiger partial charge on any atom is 0.139 e. The van der Waals surface area contributed by atoms with Crippen molar-refractivity contribution in [1.29, 1.82) is 0 Å². The van der Waals surface area contributed by atoms with E-state index in [1.807, 2.05) is 46.0 Å². The minimum Gasteiger partial charge on any atom is -0.373 e. The summed E-state index contributed by atoms with van der Waals surface area (Å²) in [5.41, 5.74) is 2.95. The second-order valence-corrected chi connectivity index (χ2v) is 4.84. The third-order valence-electron chi connectivity index (χ3n) is 2.93. The van der Waals surface area contributed by atoms with E-state index in [0.717, 1.165) is 39.3 Å². The topological polar surface area (TPSA) is 49.8 Å². The molecule has 0 saturated heterocycles. The van der Waals surface area contributed by atoms with Gasteiger partial charge < -0.3 is 10.6 Å². The lowest BCUT2D eigenvalue weighted by Gasteiger charge is -2.13. The van der Waals surface area contributed by atoms with Gasteiger partial charge in [0.2, 0.25) is 0 Å². The molecule has 0 fully saturated rings. The number of aryl methyl sites for hydroxylation is 2. The van der Waals surface area contributed by atoms with Crippen molar-refractivity contribution in [3.63, 3.8) is 0 Å². The molecular formula is C14H17ClN4. The molecule has 0 amide bonds. The van der Waals surface area contributed by atoms with Gasteiger partial charge in [-0.25, -0.2) is 9.97 Å². The summed E-state index contributed by atoms with van der Waals surface area (Å²) < 4.78 is 0. The quantitative estimate of drug-likeness (QED) is 0.894. The Labute approximate surface area is 118 Å². The molecule has 2 aromatic rings. The van der Waals surface area contributed by atoms with Crippen molar-refractivity contribution in [2.45, 2.75) is 20.8 Å². The molecule has 4 nitrogen and oxygen atoms in total. The van der Waals surface area contributed by atoms with Gasteiger partial charge in [-0.05, 0) is 38.5 Å². The Balaban J connectivity index is 2.37. The summed E-state index contributed by atoms with van der Waals surface area (Å²) in [4.78, 5) is 8.76. The van der Waals surface area contributed by atoms with Crippen LogP contribution in [-0.4, -0.2) is 17.0 Å². The molecule has 1 aromatic heterocycles. The zero-order valence-electron chi connectivity index (χ0n) is 11.5. The molecule has 0 atom stereocenters. The van der Waals surface area contributed by atoms with Crippen molar-refractivity contribution in [3.05, 3.63) is 40.2 Å². The van der Waals surface area contributed by atoms with Crippen molar-refractivity contribution in [3.8, 4) is 0 Å². The number of rotatable bonds is 3. The van der Waals surface area contributed by atoms with Crippen LogP contribution in [0.1, 0.15) is 17.0 Å². The summed E-state index contributed by atoms with van der Waals surface area (Å²) in [6, 6.07) is 5.86. The molecule has 5 heteroatoms. The molecular weight excluding hydrogens is 260 g/mol. The van der Waals surface area contributed by atoms with Crippen LogP contribution in [-0.2, 0) is 0 Å². The first-order valence-corrected chi connectivity index (χ1v) is 6.45. The molecule has 0 bridgehead atoms. The van der Waals surface area contributed by atoms with E-state index < -0.39 is 0 Å². The van der Waals surface area contributed by atoms with Gasteiger partial charge in [0.15, 0.2) is 0 Å². The third-order valence-corrected chi connectivity index (χ3v) is 3.34. The number of nitrogens with one attached hydrogen (secondary N) is 2. The average molecular weight is 277 g/mol. The Hall–Kier alpha value is -1.81. The molecule has 1 aromatic carbocycles. The Kier molecular flexibility index (Phi) is 3.90. The van der Waals surface area contributed by atoms with E-state index in [-0.39, 0.29) is 0 Å². The first kappa shape index (κ1) is 13.6. The molecule has 0 radical (unpaired) electrons. The normalized spacial score (nSPS) is 10.4. The van der Waals surface area contributed by atoms with E-state index in [2.05, 4.69) is 20.6 Å². The van der Waals surface area contributed by atoms with Crippen LogP contribution in [0.3, 0.4) is 0 Å². The number of hydrogen-bond donors (Lipinski definition) is 2. The minimum atomic E-state index is 0.718. The van der Waals surface area contributed by atoms with Gasteiger partial charge in [0.1, 0.15) is 17.5 Å². The van der Waals surface area contributed by atoms with E-state index in [0.29, 0.717) is 0 Å². The highest BCUT2D eigenvalue weighted by Gasteiger charge is 2.08. The number of nitrogens with zero attached hydrogens (tertiary/aromatic N) is 2. The highest BCUT2D eigenvalue weighted by Crippen LogP contribution is 2.26. The molecule has 0 unspecified atom stereocenters. The maximum atomic E-state index is 6.12. The monoisotopic (exact) mass is 276 g/mol. The molecule has 2 rings (SSSR count). The summed E-state index contributed by atoms with van der Waals surface area (Å²) in [6.45, 7) is 5.82. The average Bonchev–Trinajstić information content (AvgIpc) is 2.37. The summed E-state index contributed by atoms with van der Waals surface area (Å²) in [5, 5.41) is 7.08. The maximum absolute atomic E-state index is 6.12. The third kappa shape index (κ3) is 2.96.